The number of fused-ring (bicyclic) bond motifs is 4. The lowest BCUT2D eigenvalue weighted by atomic mass is 9.46. The SMILES string of the molecule is CC(=O)O[C@@H](C1CCC2C(CC3C4CCC5C(C)(C)[C@@H](OC6CN(C7CNC7)CCO6)CCC56C[C@@]46CCC23C)O1)C(C)(C)O. The van der Waals surface area contributed by atoms with Gasteiger partial charge in [-0.15, -0.1) is 0 Å². The third kappa shape index (κ3) is 4.69. The monoisotopic (exact) mass is 628 g/mol. The van der Waals surface area contributed by atoms with E-state index in [4.69, 9.17) is 18.9 Å². The number of esters is 1. The summed E-state index contributed by atoms with van der Waals surface area (Å²) < 4.78 is 25.7. The Morgan fingerprint density at radius 2 is 1.78 bits per heavy atom. The van der Waals surface area contributed by atoms with Crippen LogP contribution in [0.15, 0.2) is 0 Å². The van der Waals surface area contributed by atoms with Crippen LogP contribution in [-0.4, -0.2) is 91.1 Å². The van der Waals surface area contributed by atoms with Crippen molar-refractivity contribution in [1.29, 1.82) is 0 Å². The molecule has 8 heteroatoms. The van der Waals surface area contributed by atoms with Gasteiger partial charge in [-0.1, -0.05) is 20.8 Å². The Morgan fingerprint density at radius 1 is 1.00 bits per heavy atom. The largest absolute Gasteiger partial charge is 0.457 e. The van der Waals surface area contributed by atoms with Crippen LogP contribution in [0, 0.1) is 45.3 Å². The van der Waals surface area contributed by atoms with Crippen molar-refractivity contribution in [1.82, 2.24) is 10.2 Å². The van der Waals surface area contributed by atoms with Crippen LogP contribution in [0.1, 0.15) is 106 Å². The van der Waals surface area contributed by atoms with Gasteiger partial charge in [0.05, 0.1) is 30.5 Å². The number of hydrogen-bond acceptors (Lipinski definition) is 8. The van der Waals surface area contributed by atoms with E-state index in [9.17, 15) is 9.90 Å². The molecule has 0 radical (unpaired) electrons. The van der Waals surface area contributed by atoms with E-state index in [1.165, 1.54) is 45.4 Å². The van der Waals surface area contributed by atoms with Gasteiger partial charge in [-0.05, 0) is 123 Å². The van der Waals surface area contributed by atoms with E-state index < -0.39 is 11.7 Å². The number of hydrogen-bond donors (Lipinski definition) is 2. The highest BCUT2D eigenvalue weighted by Crippen LogP contribution is 2.87. The molecule has 0 bridgehead atoms. The average molecular weight is 629 g/mol. The van der Waals surface area contributed by atoms with E-state index in [-0.39, 0.29) is 36.0 Å². The maximum Gasteiger partial charge on any atom is 0.303 e. The van der Waals surface area contributed by atoms with Crippen molar-refractivity contribution in [2.24, 2.45) is 45.3 Å². The van der Waals surface area contributed by atoms with Crippen molar-refractivity contribution in [3.05, 3.63) is 0 Å². The predicted molar refractivity (Wildman–Crippen MR) is 170 cm³/mol. The van der Waals surface area contributed by atoms with Gasteiger partial charge in [-0.2, -0.15) is 0 Å². The second kappa shape index (κ2) is 10.6. The summed E-state index contributed by atoms with van der Waals surface area (Å²) in [5.74, 6) is 2.43. The molecule has 9 unspecified atom stereocenters. The quantitative estimate of drug-likeness (QED) is 0.402. The van der Waals surface area contributed by atoms with E-state index in [1.807, 2.05) is 0 Å². The molecule has 8 rings (SSSR count). The maximum atomic E-state index is 11.9. The van der Waals surface area contributed by atoms with Crippen LogP contribution in [0.5, 0.6) is 0 Å². The summed E-state index contributed by atoms with van der Waals surface area (Å²) >= 11 is 0. The van der Waals surface area contributed by atoms with Crippen LogP contribution in [0.2, 0.25) is 0 Å². The molecule has 254 valence electrons. The summed E-state index contributed by atoms with van der Waals surface area (Å²) in [6, 6.07) is 0.647. The number of rotatable bonds is 6. The molecule has 0 aromatic carbocycles. The molecule has 8 aliphatic rings. The van der Waals surface area contributed by atoms with Gasteiger partial charge in [-0.3, -0.25) is 9.69 Å². The van der Waals surface area contributed by atoms with Crippen molar-refractivity contribution in [3.63, 3.8) is 0 Å². The topological polar surface area (TPSA) is 89.5 Å². The highest BCUT2D eigenvalue weighted by atomic mass is 16.7. The first-order valence-electron chi connectivity index (χ1n) is 18.6. The summed E-state index contributed by atoms with van der Waals surface area (Å²) in [4.78, 5) is 14.5. The van der Waals surface area contributed by atoms with Crippen LogP contribution in [0.3, 0.4) is 0 Å². The fraction of sp³-hybridized carbons (Fsp3) is 0.973. The average Bonchev–Trinajstić information content (AvgIpc) is 3.52. The van der Waals surface area contributed by atoms with Crippen LogP contribution >= 0.6 is 0 Å². The Morgan fingerprint density at radius 3 is 2.49 bits per heavy atom. The van der Waals surface area contributed by atoms with Crippen molar-refractivity contribution < 1.29 is 28.8 Å². The molecule has 0 aromatic heterocycles. The molecule has 5 aliphatic carbocycles. The van der Waals surface area contributed by atoms with E-state index in [1.54, 1.807) is 13.8 Å². The molecule has 0 amide bonds. The summed E-state index contributed by atoms with van der Waals surface area (Å²) in [5.41, 5.74) is 0.324. The summed E-state index contributed by atoms with van der Waals surface area (Å²) in [7, 11) is 0. The molecule has 2 spiro atoms. The summed E-state index contributed by atoms with van der Waals surface area (Å²) in [6.45, 7) is 17.5. The number of carbonyl (C=O) groups is 1. The van der Waals surface area contributed by atoms with Gasteiger partial charge < -0.3 is 29.4 Å². The highest BCUT2D eigenvalue weighted by Gasteiger charge is 2.80. The number of nitrogens with one attached hydrogen (secondary N) is 1. The van der Waals surface area contributed by atoms with Gasteiger partial charge in [0.1, 0.15) is 0 Å². The van der Waals surface area contributed by atoms with E-state index in [0.717, 1.165) is 70.3 Å². The van der Waals surface area contributed by atoms with Crippen LogP contribution in [-0.2, 0) is 23.7 Å². The summed E-state index contributed by atoms with van der Waals surface area (Å²) in [6.07, 6.45) is 11.9. The Hall–Kier alpha value is -0.770. The number of aliphatic hydroxyl groups is 1. The van der Waals surface area contributed by atoms with Gasteiger partial charge in [0.2, 0.25) is 0 Å². The normalized spacial score (nSPS) is 49.8. The van der Waals surface area contributed by atoms with E-state index in [2.05, 4.69) is 31.0 Å². The third-order valence-electron chi connectivity index (χ3n) is 15.5. The zero-order valence-corrected chi connectivity index (χ0v) is 28.8. The fourth-order valence-electron chi connectivity index (χ4n) is 13.3. The minimum atomic E-state index is -1.13. The van der Waals surface area contributed by atoms with Crippen molar-refractivity contribution >= 4 is 5.97 Å². The first-order chi connectivity index (χ1) is 21.3. The second-order valence-corrected chi connectivity index (χ2v) is 18.2. The number of morpholine rings is 1. The predicted octanol–water partition coefficient (Wildman–Crippen LogP) is 4.91. The van der Waals surface area contributed by atoms with Gasteiger partial charge in [0, 0.05) is 39.1 Å². The maximum absolute atomic E-state index is 11.9. The van der Waals surface area contributed by atoms with Gasteiger partial charge in [0.15, 0.2) is 12.4 Å². The molecular formula is C37H60N2O6. The molecule has 8 nitrogen and oxygen atoms in total. The lowest BCUT2D eigenvalue weighted by Gasteiger charge is -2.60. The minimum Gasteiger partial charge on any atom is -0.457 e. The van der Waals surface area contributed by atoms with Crippen LogP contribution < -0.4 is 5.32 Å². The lowest BCUT2D eigenvalue weighted by molar-refractivity contribution is -0.248. The molecular weight excluding hydrogens is 568 g/mol. The number of carbonyl (C=O) groups excluding carboxylic acids is 1. The first-order valence-corrected chi connectivity index (χ1v) is 18.6. The van der Waals surface area contributed by atoms with Gasteiger partial charge in [0.25, 0.3) is 0 Å². The van der Waals surface area contributed by atoms with Crippen LogP contribution in [0.4, 0.5) is 0 Å². The molecule has 45 heavy (non-hydrogen) atoms. The van der Waals surface area contributed by atoms with Gasteiger partial charge in [-0.25, -0.2) is 0 Å². The number of nitrogens with zero attached hydrogens (tertiary/aromatic N) is 1. The summed E-state index contributed by atoms with van der Waals surface area (Å²) in [5, 5.41) is 14.3. The van der Waals surface area contributed by atoms with Crippen molar-refractivity contribution in [3.8, 4) is 0 Å². The molecule has 12 atom stereocenters. The standard InChI is InChI=1S/C37H60N2O6/c1-22(40)43-32(34(4,5)41)27-9-7-25-28(44-27)17-26-24-8-10-29-33(2,3)30(45-31-20-39(15-16-42-31)23-18-38-19-23)11-12-37(29)21-36(24,37)14-13-35(25,26)6/h23-32,38,41H,7-21H2,1-6H3/t24?,25?,26?,27?,28?,29?,30-,31?,32-,35?,36-,37?/m0/s1. The fourth-order valence-corrected chi connectivity index (χ4v) is 13.3. The molecule has 3 heterocycles. The minimum absolute atomic E-state index is 0.0971. The molecule has 2 N–H and O–H groups in total. The first kappa shape index (κ1) is 31.5. The molecule has 5 saturated carbocycles. The molecule has 3 saturated heterocycles. The van der Waals surface area contributed by atoms with Crippen molar-refractivity contribution in [2.45, 2.75) is 148 Å². The van der Waals surface area contributed by atoms with Crippen molar-refractivity contribution in [2.75, 3.05) is 32.8 Å². The zero-order valence-electron chi connectivity index (χ0n) is 28.8. The van der Waals surface area contributed by atoms with E-state index >= 15 is 0 Å². The lowest BCUT2D eigenvalue weighted by Crippen LogP contribution is -2.62. The molecule has 3 aliphatic heterocycles. The van der Waals surface area contributed by atoms with Crippen LogP contribution in [0.25, 0.3) is 0 Å². The Kier molecular flexibility index (Phi) is 7.43. The smallest absolute Gasteiger partial charge is 0.303 e. The highest BCUT2D eigenvalue weighted by molar-refractivity contribution is 5.66. The second-order valence-electron chi connectivity index (χ2n) is 18.2. The Bertz CT molecular complexity index is 1170. The zero-order chi connectivity index (χ0) is 31.6. The Labute approximate surface area is 271 Å². The van der Waals surface area contributed by atoms with Gasteiger partial charge >= 0.3 is 5.97 Å². The Balaban J connectivity index is 0.967. The molecule has 0 aromatic rings. The third-order valence-corrected chi connectivity index (χ3v) is 15.5. The van der Waals surface area contributed by atoms with E-state index in [0.29, 0.717) is 34.1 Å². The number of ether oxygens (including phenoxy) is 4. The molecule has 8 fully saturated rings.